The number of carbonyl (C=O) groups excluding carboxylic acids is 1. The van der Waals surface area contributed by atoms with Crippen LogP contribution in [0.15, 0.2) is 24.5 Å². The van der Waals surface area contributed by atoms with E-state index in [9.17, 15) is 4.79 Å². The Morgan fingerprint density at radius 2 is 2.29 bits per heavy atom. The van der Waals surface area contributed by atoms with Crippen LogP contribution in [0, 0.1) is 0 Å². The Hall–Kier alpha value is -1.62. The summed E-state index contributed by atoms with van der Waals surface area (Å²) >= 11 is 0. The largest absolute Gasteiger partial charge is 0.336 e. The third kappa shape index (κ3) is 2.94. The van der Waals surface area contributed by atoms with Crippen LogP contribution in [0.3, 0.4) is 0 Å². The van der Waals surface area contributed by atoms with Gasteiger partial charge < -0.3 is 10.2 Å². The summed E-state index contributed by atoms with van der Waals surface area (Å²) < 4.78 is 1.77. The summed E-state index contributed by atoms with van der Waals surface area (Å²) in [5, 5.41) is 7.40. The smallest absolute Gasteiger partial charge is 0.257 e. The molecule has 0 saturated carbocycles. The number of aromatic nitrogens is 2. The number of allylic oxidation sites excluding steroid dienone is 2. The van der Waals surface area contributed by atoms with E-state index in [1.807, 2.05) is 30.2 Å². The van der Waals surface area contributed by atoms with Crippen molar-refractivity contribution in [3.8, 4) is 0 Å². The zero-order chi connectivity index (χ0) is 12.1. The molecule has 0 bridgehead atoms. The molecule has 5 heteroatoms. The minimum Gasteiger partial charge on any atom is -0.336 e. The van der Waals surface area contributed by atoms with Gasteiger partial charge in [-0.1, -0.05) is 12.2 Å². The molecule has 0 spiro atoms. The maximum Gasteiger partial charge on any atom is 0.257 e. The quantitative estimate of drug-likeness (QED) is 0.775. The Labute approximate surface area is 101 Å². The van der Waals surface area contributed by atoms with E-state index in [4.69, 9.17) is 0 Å². The summed E-state index contributed by atoms with van der Waals surface area (Å²) in [7, 11) is 0. The van der Waals surface area contributed by atoms with Gasteiger partial charge in [0, 0.05) is 32.4 Å². The highest BCUT2D eigenvalue weighted by Crippen LogP contribution is 2.05. The molecular formula is C12H18N4O. The summed E-state index contributed by atoms with van der Waals surface area (Å²) in [5.74, 6) is 0.0817. The molecule has 0 radical (unpaired) electrons. The standard InChI is InChI=1S/C12H18N4O/c1-2-3-6-16-10-11(9-14-16)12(17)15-7-4-13-5-8-15/h2-3,9-10,13H,4-8H2,1H3/b3-2+. The van der Waals surface area contributed by atoms with Gasteiger partial charge in [-0.15, -0.1) is 0 Å². The van der Waals surface area contributed by atoms with Crippen LogP contribution >= 0.6 is 0 Å². The van der Waals surface area contributed by atoms with Crippen molar-refractivity contribution in [2.75, 3.05) is 26.2 Å². The zero-order valence-corrected chi connectivity index (χ0v) is 10.1. The van der Waals surface area contributed by atoms with E-state index in [1.54, 1.807) is 10.9 Å². The van der Waals surface area contributed by atoms with Crippen molar-refractivity contribution < 1.29 is 4.79 Å². The second kappa shape index (κ2) is 5.63. The van der Waals surface area contributed by atoms with Crippen molar-refractivity contribution in [3.05, 3.63) is 30.1 Å². The van der Waals surface area contributed by atoms with Crippen LogP contribution in [0.1, 0.15) is 17.3 Å². The topological polar surface area (TPSA) is 50.2 Å². The van der Waals surface area contributed by atoms with Crippen LogP contribution < -0.4 is 5.32 Å². The molecule has 2 heterocycles. The van der Waals surface area contributed by atoms with E-state index in [-0.39, 0.29) is 5.91 Å². The molecule has 5 nitrogen and oxygen atoms in total. The first-order chi connectivity index (χ1) is 8.31. The minimum atomic E-state index is 0.0817. The van der Waals surface area contributed by atoms with Crippen LogP contribution in [0.4, 0.5) is 0 Å². The molecule has 0 aromatic carbocycles. The molecule has 1 aliphatic rings. The Bertz CT molecular complexity index is 404. The summed E-state index contributed by atoms with van der Waals surface area (Å²) in [6.07, 6.45) is 7.43. The van der Waals surface area contributed by atoms with Crippen LogP contribution in [0.25, 0.3) is 0 Å². The normalized spacial score (nSPS) is 16.6. The molecule has 92 valence electrons. The lowest BCUT2D eigenvalue weighted by Crippen LogP contribution is -2.46. The molecule has 0 atom stereocenters. The minimum absolute atomic E-state index is 0.0817. The summed E-state index contributed by atoms with van der Waals surface area (Å²) in [6, 6.07) is 0. The Morgan fingerprint density at radius 3 is 3.00 bits per heavy atom. The molecule has 1 N–H and O–H groups in total. The molecule has 1 aliphatic heterocycles. The lowest BCUT2D eigenvalue weighted by atomic mass is 10.2. The van der Waals surface area contributed by atoms with Gasteiger partial charge in [0.1, 0.15) is 0 Å². The van der Waals surface area contributed by atoms with Crippen LogP contribution in [0.5, 0.6) is 0 Å². The van der Waals surface area contributed by atoms with Gasteiger partial charge in [0.15, 0.2) is 0 Å². The average Bonchev–Trinajstić information content (AvgIpc) is 2.85. The highest BCUT2D eigenvalue weighted by atomic mass is 16.2. The lowest BCUT2D eigenvalue weighted by Gasteiger charge is -2.26. The third-order valence-electron chi connectivity index (χ3n) is 2.81. The summed E-state index contributed by atoms with van der Waals surface area (Å²) in [6.45, 7) is 5.98. The molecule has 17 heavy (non-hydrogen) atoms. The monoisotopic (exact) mass is 234 g/mol. The first-order valence-corrected chi connectivity index (χ1v) is 5.95. The van der Waals surface area contributed by atoms with E-state index >= 15 is 0 Å². The molecule has 0 aliphatic carbocycles. The van der Waals surface area contributed by atoms with Crippen molar-refractivity contribution >= 4 is 5.91 Å². The zero-order valence-electron chi connectivity index (χ0n) is 10.1. The Morgan fingerprint density at radius 1 is 1.53 bits per heavy atom. The first kappa shape index (κ1) is 11.9. The SMILES string of the molecule is C/C=C/Cn1cc(C(=O)N2CCNCC2)cn1. The number of rotatable bonds is 3. The molecule has 1 aromatic rings. The molecule has 1 saturated heterocycles. The molecule has 1 fully saturated rings. The predicted molar refractivity (Wildman–Crippen MR) is 65.8 cm³/mol. The van der Waals surface area contributed by atoms with Gasteiger partial charge in [0.05, 0.1) is 18.3 Å². The van der Waals surface area contributed by atoms with Gasteiger partial charge in [0.25, 0.3) is 5.91 Å². The van der Waals surface area contributed by atoms with Gasteiger partial charge in [-0.05, 0) is 6.92 Å². The van der Waals surface area contributed by atoms with Gasteiger partial charge in [-0.2, -0.15) is 5.10 Å². The van der Waals surface area contributed by atoms with Crippen molar-refractivity contribution in [1.29, 1.82) is 0 Å². The second-order valence-corrected chi connectivity index (χ2v) is 4.06. The Kier molecular flexibility index (Phi) is 3.93. The molecule has 0 unspecified atom stereocenters. The van der Waals surface area contributed by atoms with Gasteiger partial charge in [-0.25, -0.2) is 0 Å². The van der Waals surface area contributed by atoms with Gasteiger partial charge >= 0.3 is 0 Å². The second-order valence-electron chi connectivity index (χ2n) is 4.06. The van der Waals surface area contributed by atoms with E-state index in [0.29, 0.717) is 12.1 Å². The molecular weight excluding hydrogens is 216 g/mol. The maximum atomic E-state index is 12.1. The van der Waals surface area contributed by atoms with Crippen molar-refractivity contribution in [3.63, 3.8) is 0 Å². The van der Waals surface area contributed by atoms with Crippen LogP contribution in [-0.4, -0.2) is 46.8 Å². The maximum absolute atomic E-state index is 12.1. The highest BCUT2D eigenvalue weighted by molar-refractivity contribution is 5.93. The van der Waals surface area contributed by atoms with Crippen LogP contribution in [-0.2, 0) is 6.54 Å². The number of piperazine rings is 1. The lowest BCUT2D eigenvalue weighted by molar-refractivity contribution is 0.0735. The van der Waals surface area contributed by atoms with Gasteiger partial charge in [0.2, 0.25) is 0 Å². The Balaban J connectivity index is 2.00. The number of amides is 1. The number of hydrogen-bond acceptors (Lipinski definition) is 3. The number of nitrogens with zero attached hydrogens (tertiary/aromatic N) is 3. The first-order valence-electron chi connectivity index (χ1n) is 5.95. The summed E-state index contributed by atoms with van der Waals surface area (Å²) in [5.41, 5.74) is 0.677. The number of nitrogens with one attached hydrogen (secondary N) is 1. The number of carbonyl (C=O) groups is 1. The van der Waals surface area contributed by atoms with E-state index in [1.165, 1.54) is 0 Å². The average molecular weight is 234 g/mol. The fourth-order valence-electron chi connectivity index (χ4n) is 1.84. The van der Waals surface area contributed by atoms with Crippen LogP contribution in [0.2, 0.25) is 0 Å². The van der Waals surface area contributed by atoms with Crippen molar-refractivity contribution in [2.45, 2.75) is 13.5 Å². The van der Waals surface area contributed by atoms with E-state index in [2.05, 4.69) is 10.4 Å². The highest BCUT2D eigenvalue weighted by Gasteiger charge is 2.18. The van der Waals surface area contributed by atoms with E-state index in [0.717, 1.165) is 26.2 Å². The molecule has 2 rings (SSSR count). The molecule has 1 aromatic heterocycles. The summed E-state index contributed by atoms with van der Waals surface area (Å²) in [4.78, 5) is 14.0. The fraction of sp³-hybridized carbons (Fsp3) is 0.500. The van der Waals surface area contributed by atoms with Crippen molar-refractivity contribution in [2.24, 2.45) is 0 Å². The van der Waals surface area contributed by atoms with E-state index < -0.39 is 0 Å². The fourth-order valence-corrected chi connectivity index (χ4v) is 1.84. The van der Waals surface area contributed by atoms with Gasteiger partial charge in [-0.3, -0.25) is 9.48 Å². The molecule has 1 amide bonds. The predicted octanol–water partition coefficient (Wildman–Crippen LogP) is 0.505. The van der Waals surface area contributed by atoms with Crippen molar-refractivity contribution in [1.82, 2.24) is 20.0 Å². The third-order valence-corrected chi connectivity index (χ3v) is 2.81. The number of hydrogen-bond donors (Lipinski definition) is 1.